The molecule has 0 spiro atoms. The smallest absolute Gasteiger partial charge is 0.243 e. The van der Waals surface area contributed by atoms with E-state index in [9.17, 15) is 13.2 Å². The fourth-order valence-corrected chi connectivity index (χ4v) is 4.73. The molecular formula is C18H29N3O3S. The lowest BCUT2D eigenvalue weighted by Crippen LogP contribution is -2.32. The monoisotopic (exact) mass is 367 g/mol. The molecule has 3 N–H and O–H groups in total. The number of hydrogen-bond acceptors (Lipinski definition) is 4. The highest BCUT2D eigenvalue weighted by Crippen LogP contribution is 2.26. The Labute approximate surface area is 150 Å². The number of anilines is 1. The average Bonchev–Trinajstić information content (AvgIpc) is 2.84. The van der Waals surface area contributed by atoms with Gasteiger partial charge in [0.05, 0.1) is 4.90 Å². The summed E-state index contributed by atoms with van der Waals surface area (Å²) in [5.41, 5.74) is 6.87. The van der Waals surface area contributed by atoms with Gasteiger partial charge in [-0.3, -0.25) is 4.79 Å². The predicted molar refractivity (Wildman–Crippen MR) is 99.9 cm³/mol. The second-order valence-corrected chi connectivity index (χ2v) is 8.77. The van der Waals surface area contributed by atoms with E-state index in [-0.39, 0.29) is 16.8 Å². The Bertz CT molecular complexity index is 694. The molecule has 0 radical (unpaired) electrons. The summed E-state index contributed by atoms with van der Waals surface area (Å²) in [4.78, 5) is 12.3. The number of carbonyl (C=O) groups is 1. The standard InChI is InChI=1S/C18H29N3O3S/c1-14-7-9-16(20-18(22)10-8-15(2)19)13-17(14)25(23,24)21-11-5-3-4-6-12-21/h7,9,13,15H,3-6,8,10-12,19H2,1-2H3,(H,20,22). The summed E-state index contributed by atoms with van der Waals surface area (Å²) >= 11 is 0. The number of benzene rings is 1. The van der Waals surface area contributed by atoms with Crippen LogP contribution in [0.15, 0.2) is 23.1 Å². The number of carbonyl (C=O) groups excluding carboxylic acids is 1. The minimum atomic E-state index is -3.54. The van der Waals surface area contributed by atoms with Gasteiger partial charge in [0.25, 0.3) is 0 Å². The van der Waals surface area contributed by atoms with Gasteiger partial charge in [-0.05, 0) is 50.8 Å². The molecule has 1 amide bonds. The summed E-state index contributed by atoms with van der Waals surface area (Å²) in [5.74, 6) is -0.153. The highest BCUT2D eigenvalue weighted by atomic mass is 32.2. The van der Waals surface area contributed by atoms with Crippen LogP contribution in [0, 0.1) is 6.92 Å². The molecule has 7 heteroatoms. The van der Waals surface area contributed by atoms with Crippen LogP contribution in [0.25, 0.3) is 0 Å². The fraction of sp³-hybridized carbons (Fsp3) is 0.611. The fourth-order valence-electron chi connectivity index (χ4n) is 2.96. The molecule has 2 rings (SSSR count). The van der Waals surface area contributed by atoms with Crippen LogP contribution in [0.4, 0.5) is 5.69 Å². The van der Waals surface area contributed by atoms with Gasteiger partial charge < -0.3 is 11.1 Å². The zero-order valence-electron chi connectivity index (χ0n) is 15.1. The number of aryl methyl sites for hydroxylation is 1. The molecule has 1 aromatic rings. The van der Waals surface area contributed by atoms with E-state index >= 15 is 0 Å². The van der Waals surface area contributed by atoms with Crippen molar-refractivity contribution in [2.75, 3.05) is 18.4 Å². The van der Waals surface area contributed by atoms with Crippen LogP contribution in [0.1, 0.15) is 51.0 Å². The van der Waals surface area contributed by atoms with Crippen molar-refractivity contribution >= 4 is 21.6 Å². The first-order valence-electron chi connectivity index (χ1n) is 8.97. The molecule has 0 aromatic heterocycles. The molecule has 0 aliphatic carbocycles. The number of hydrogen-bond donors (Lipinski definition) is 2. The van der Waals surface area contributed by atoms with Crippen molar-refractivity contribution < 1.29 is 13.2 Å². The second-order valence-electron chi connectivity index (χ2n) is 6.86. The first-order valence-corrected chi connectivity index (χ1v) is 10.4. The van der Waals surface area contributed by atoms with Crippen molar-refractivity contribution in [2.24, 2.45) is 5.73 Å². The number of amides is 1. The van der Waals surface area contributed by atoms with Crippen molar-refractivity contribution in [2.45, 2.75) is 63.3 Å². The number of rotatable bonds is 6. The minimum absolute atomic E-state index is 0.0391. The van der Waals surface area contributed by atoms with Crippen molar-refractivity contribution in [3.63, 3.8) is 0 Å². The quantitative estimate of drug-likeness (QED) is 0.808. The third-order valence-corrected chi connectivity index (χ3v) is 6.52. The Morgan fingerprint density at radius 2 is 1.88 bits per heavy atom. The Kier molecular flexibility index (Phi) is 6.98. The van der Waals surface area contributed by atoms with Crippen LogP contribution in [0.2, 0.25) is 0 Å². The molecule has 1 heterocycles. The van der Waals surface area contributed by atoms with Gasteiger partial charge in [-0.2, -0.15) is 4.31 Å². The summed E-state index contributed by atoms with van der Waals surface area (Å²) < 4.78 is 27.6. The molecule has 1 aromatic carbocycles. The summed E-state index contributed by atoms with van der Waals surface area (Å²) in [7, 11) is -3.54. The molecule has 0 saturated carbocycles. The normalized spacial score (nSPS) is 17.7. The van der Waals surface area contributed by atoms with Crippen molar-refractivity contribution in [3.8, 4) is 0 Å². The Hall–Kier alpha value is -1.44. The van der Waals surface area contributed by atoms with Crippen LogP contribution in [-0.2, 0) is 14.8 Å². The van der Waals surface area contributed by atoms with E-state index in [0.717, 1.165) is 25.7 Å². The topological polar surface area (TPSA) is 92.5 Å². The van der Waals surface area contributed by atoms with E-state index in [1.165, 1.54) is 0 Å². The van der Waals surface area contributed by atoms with Gasteiger partial charge in [-0.25, -0.2) is 8.42 Å². The van der Waals surface area contributed by atoms with E-state index < -0.39 is 10.0 Å². The molecule has 140 valence electrons. The first-order chi connectivity index (χ1) is 11.8. The molecule has 1 unspecified atom stereocenters. The summed E-state index contributed by atoms with van der Waals surface area (Å²) in [6, 6.07) is 5.01. The highest BCUT2D eigenvalue weighted by molar-refractivity contribution is 7.89. The van der Waals surface area contributed by atoms with Gasteiger partial charge in [0.15, 0.2) is 0 Å². The van der Waals surface area contributed by atoms with E-state index in [4.69, 9.17) is 5.73 Å². The van der Waals surface area contributed by atoms with Gasteiger partial charge in [0, 0.05) is 31.2 Å². The van der Waals surface area contributed by atoms with E-state index in [2.05, 4.69) is 5.32 Å². The second kappa shape index (κ2) is 8.78. The van der Waals surface area contributed by atoms with Crippen LogP contribution in [0.3, 0.4) is 0 Å². The maximum absolute atomic E-state index is 13.0. The summed E-state index contributed by atoms with van der Waals surface area (Å²) in [5, 5.41) is 2.77. The van der Waals surface area contributed by atoms with Gasteiger partial charge in [-0.1, -0.05) is 18.9 Å². The highest BCUT2D eigenvalue weighted by Gasteiger charge is 2.27. The molecule has 1 aliphatic heterocycles. The van der Waals surface area contributed by atoms with Crippen LogP contribution in [0.5, 0.6) is 0 Å². The molecule has 1 atom stereocenters. The van der Waals surface area contributed by atoms with Crippen molar-refractivity contribution in [1.29, 1.82) is 0 Å². The van der Waals surface area contributed by atoms with Gasteiger partial charge in [-0.15, -0.1) is 0 Å². The molecule has 1 saturated heterocycles. The average molecular weight is 368 g/mol. The third kappa shape index (κ3) is 5.52. The molecular weight excluding hydrogens is 338 g/mol. The van der Waals surface area contributed by atoms with Gasteiger partial charge in [0.1, 0.15) is 0 Å². The molecule has 1 aliphatic rings. The maximum atomic E-state index is 13.0. The molecule has 1 fully saturated rings. The molecule has 6 nitrogen and oxygen atoms in total. The van der Waals surface area contributed by atoms with Crippen LogP contribution < -0.4 is 11.1 Å². The molecule has 0 bridgehead atoms. The Morgan fingerprint density at radius 3 is 2.48 bits per heavy atom. The van der Waals surface area contributed by atoms with Crippen LogP contribution >= 0.6 is 0 Å². The lowest BCUT2D eigenvalue weighted by Gasteiger charge is -2.21. The van der Waals surface area contributed by atoms with Crippen LogP contribution in [-0.4, -0.2) is 37.8 Å². The minimum Gasteiger partial charge on any atom is -0.328 e. The third-order valence-electron chi connectivity index (χ3n) is 4.48. The predicted octanol–water partition coefficient (Wildman–Crippen LogP) is 2.63. The number of nitrogens with two attached hydrogens (primary N) is 1. The Balaban J connectivity index is 2.18. The van der Waals surface area contributed by atoms with E-state index in [1.54, 1.807) is 29.4 Å². The lowest BCUT2D eigenvalue weighted by atomic mass is 10.2. The lowest BCUT2D eigenvalue weighted by molar-refractivity contribution is -0.116. The number of nitrogens with one attached hydrogen (secondary N) is 1. The van der Waals surface area contributed by atoms with E-state index in [1.807, 2.05) is 6.92 Å². The summed E-state index contributed by atoms with van der Waals surface area (Å²) in [6.45, 7) is 4.76. The Morgan fingerprint density at radius 1 is 1.24 bits per heavy atom. The molecule has 25 heavy (non-hydrogen) atoms. The zero-order valence-corrected chi connectivity index (χ0v) is 15.9. The number of nitrogens with zero attached hydrogens (tertiary/aromatic N) is 1. The SMILES string of the molecule is Cc1ccc(NC(=O)CCC(C)N)cc1S(=O)(=O)N1CCCCCC1. The van der Waals surface area contributed by atoms with Gasteiger partial charge in [0.2, 0.25) is 15.9 Å². The largest absolute Gasteiger partial charge is 0.328 e. The summed E-state index contributed by atoms with van der Waals surface area (Å²) in [6.07, 6.45) is 4.84. The van der Waals surface area contributed by atoms with E-state index in [0.29, 0.717) is 37.2 Å². The zero-order chi connectivity index (χ0) is 18.4. The first kappa shape index (κ1) is 19.9. The van der Waals surface area contributed by atoms with Gasteiger partial charge >= 0.3 is 0 Å². The maximum Gasteiger partial charge on any atom is 0.243 e. The van der Waals surface area contributed by atoms with Crippen molar-refractivity contribution in [3.05, 3.63) is 23.8 Å². The number of sulfonamides is 1. The van der Waals surface area contributed by atoms with Crippen molar-refractivity contribution in [1.82, 2.24) is 4.31 Å².